The molecule has 0 bridgehead atoms. The maximum atomic E-state index is 9.87. The molecule has 1 atom stereocenters. The highest BCUT2D eigenvalue weighted by atomic mass is 79.9. The molecule has 18 heavy (non-hydrogen) atoms. The van der Waals surface area contributed by atoms with Crippen LogP contribution >= 0.6 is 27.7 Å². The summed E-state index contributed by atoms with van der Waals surface area (Å²) >= 11 is 5.16. The third kappa shape index (κ3) is 4.48. The molecule has 0 radical (unpaired) electrons. The number of rotatable bonds is 6. The Bertz CT molecular complexity index is 458. The Balaban J connectivity index is 1.70. The lowest BCUT2D eigenvalue weighted by Crippen LogP contribution is -2.17. The van der Waals surface area contributed by atoms with E-state index in [1.54, 1.807) is 24.3 Å². The molecule has 0 spiro atoms. The Labute approximate surface area is 119 Å². The van der Waals surface area contributed by atoms with Crippen molar-refractivity contribution in [1.82, 2.24) is 9.55 Å². The fourth-order valence-corrected chi connectivity index (χ4v) is 2.77. The number of thioether (sulfide) groups is 1. The van der Waals surface area contributed by atoms with Gasteiger partial charge in [-0.05, 0) is 17.7 Å². The van der Waals surface area contributed by atoms with Gasteiger partial charge < -0.3 is 9.67 Å². The number of imidazole rings is 1. The van der Waals surface area contributed by atoms with Gasteiger partial charge in [0.2, 0.25) is 0 Å². The summed E-state index contributed by atoms with van der Waals surface area (Å²) in [5.41, 5.74) is 1.28. The Morgan fingerprint density at radius 1 is 1.33 bits per heavy atom. The van der Waals surface area contributed by atoms with Crippen LogP contribution in [0.3, 0.4) is 0 Å². The average Bonchev–Trinajstić information content (AvgIpc) is 2.84. The zero-order valence-corrected chi connectivity index (χ0v) is 12.3. The van der Waals surface area contributed by atoms with Crippen molar-refractivity contribution in [2.45, 2.75) is 18.4 Å². The van der Waals surface area contributed by atoms with Gasteiger partial charge >= 0.3 is 0 Å². The first-order valence-electron chi connectivity index (χ1n) is 5.70. The molecule has 0 aliphatic carbocycles. The monoisotopic (exact) mass is 326 g/mol. The number of aliphatic hydroxyl groups is 1. The van der Waals surface area contributed by atoms with Gasteiger partial charge in [0.05, 0.1) is 19.0 Å². The van der Waals surface area contributed by atoms with Gasteiger partial charge in [0.1, 0.15) is 0 Å². The van der Waals surface area contributed by atoms with E-state index in [-0.39, 0.29) is 6.10 Å². The van der Waals surface area contributed by atoms with E-state index in [1.807, 2.05) is 22.9 Å². The van der Waals surface area contributed by atoms with E-state index in [1.165, 1.54) is 5.56 Å². The molecule has 96 valence electrons. The quantitative estimate of drug-likeness (QED) is 0.886. The van der Waals surface area contributed by atoms with Crippen LogP contribution < -0.4 is 0 Å². The predicted molar refractivity (Wildman–Crippen MR) is 78.5 cm³/mol. The second kappa shape index (κ2) is 6.97. The maximum absolute atomic E-state index is 9.87. The summed E-state index contributed by atoms with van der Waals surface area (Å²) in [6, 6.07) is 8.27. The molecule has 1 heterocycles. The van der Waals surface area contributed by atoms with Gasteiger partial charge in [-0.25, -0.2) is 4.98 Å². The topological polar surface area (TPSA) is 38.0 Å². The lowest BCUT2D eigenvalue weighted by atomic mass is 10.2. The van der Waals surface area contributed by atoms with E-state index < -0.39 is 0 Å². The molecule has 0 aliphatic rings. The molecule has 0 saturated carbocycles. The summed E-state index contributed by atoms with van der Waals surface area (Å²) in [5.74, 6) is 1.66. The Morgan fingerprint density at radius 3 is 2.78 bits per heavy atom. The van der Waals surface area contributed by atoms with Gasteiger partial charge in [-0.3, -0.25) is 0 Å². The van der Waals surface area contributed by atoms with Crippen LogP contribution in [0.4, 0.5) is 0 Å². The highest BCUT2D eigenvalue weighted by Crippen LogP contribution is 2.16. The SMILES string of the molecule is OC(CSCc1ccc(Br)cc1)Cn1ccnc1. The molecule has 3 nitrogen and oxygen atoms in total. The van der Waals surface area contributed by atoms with Crippen LogP contribution in [0, 0.1) is 0 Å². The first kappa shape index (κ1) is 13.6. The summed E-state index contributed by atoms with van der Waals surface area (Å²) < 4.78 is 2.99. The molecule has 1 unspecified atom stereocenters. The molecule has 1 aromatic carbocycles. The lowest BCUT2D eigenvalue weighted by Gasteiger charge is -2.10. The Morgan fingerprint density at radius 2 is 2.11 bits per heavy atom. The van der Waals surface area contributed by atoms with Crippen molar-refractivity contribution in [2.75, 3.05) is 5.75 Å². The van der Waals surface area contributed by atoms with E-state index in [0.717, 1.165) is 16.0 Å². The third-order valence-electron chi connectivity index (χ3n) is 2.47. The highest BCUT2D eigenvalue weighted by Gasteiger charge is 2.05. The number of hydrogen-bond donors (Lipinski definition) is 1. The van der Waals surface area contributed by atoms with E-state index >= 15 is 0 Å². The zero-order chi connectivity index (χ0) is 12.8. The molecule has 0 saturated heterocycles. The van der Waals surface area contributed by atoms with Crippen molar-refractivity contribution >= 4 is 27.7 Å². The van der Waals surface area contributed by atoms with Gasteiger partial charge in [0.15, 0.2) is 0 Å². The van der Waals surface area contributed by atoms with Crippen molar-refractivity contribution in [3.63, 3.8) is 0 Å². The molecular weight excluding hydrogens is 312 g/mol. The first-order chi connectivity index (χ1) is 8.74. The number of aromatic nitrogens is 2. The minimum Gasteiger partial charge on any atom is -0.390 e. The lowest BCUT2D eigenvalue weighted by molar-refractivity contribution is 0.178. The standard InChI is InChI=1S/C13H15BrN2OS/c14-12-3-1-11(2-4-12)8-18-9-13(17)7-16-6-5-15-10-16/h1-6,10,13,17H,7-9H2. The van der Waals surface area contributed by atoms with E-state index in [4.69, 9.17) is 0 Å². The highest BCUT2D eigenvalue weighted by molar-refractivity contribution is 9.10. The normalized spacial score (nSPS) is 12.6. The number of aliphatic hydroxyl groups excluding tert-OH is 1. The summed E-state index contributed by atoms with van der Waals surface area (Å²) in [5, 5.41) is 9.87. The molecular formula is C13H15BrN2OS. The van der Waals surface area contributed by atoms with Gasteiger partial charge in [-0.15, -0.1) is 0 Å². The smallest absolute Gasteiger partial charge is 0.0946 e. The second-order valence-electron chi connectivity index (χ2n) is 4.05. The molecule has 2 aromatic rings. The molecule has 1 aromatic heterocycles. The van der Waals surface area contributed by atoms with Crippen molar-refractivity contribution in [3.8, 4) is 0 Å². The second-order valence-corrected chi connectivity index (χ2v) is 6.00. The third-order valence-corrected chi connectivity index (χ3v) is 4.16. The molecule has 0 fully saturated rings. The van der Waals surface area contributed by atoms with Crippen molar-refractivity contribution in [2.24, 2.45) is 0 Å². The van der Waals surface area contributed by atoms with Crippen molar-refractivity contribution in [1.29, 1.82) is 0 Å². The molecule has 2 rings (SSSR count). The van der Waals surface area contributed by atoms with E-state index in [9.17, 15) is 5.11 Å². The number of hydrogen-bond acceptors (Lipinski definition) is 3. The summed E-state index contributed by atoms with van der Waals surface area (Å²) in [4.78, 5) is 3.95. The van der Waals surface area contributed by atoms with Crippen LogP contribution in [0.2, 0.25) is 0 Å². The van der Waals surface area contributed by atoms with Crippen LogP contribution in [0.1, 0.15) is 5.56 Å². The fraction of sp³-hybridized carbons (Fsp3) is 0.308. The molecule has 0 amide bonds. The van der Waals surface area contributed by atoms with Gasteiger partial charge in [-0.1, -0.05) is 28.1 Å². The predicted octanol–water partition coefficient (Wildman–Crippen LogP) is 2.94. The number of benzene rings is 1. The minimum absolute atomic E-state index is 0.334. The fourth-order valence-electron chi connectivity index (χ4n) is 1.58. The Hall–Kier alpha value is -0.780. The summed E-state index contributed by atoms with van der Waals surface area (Å²) in [6.07, 6.45) is 4.98. The molecule has 5 heteroatoms. The van der Waals surface area contributed by atoms with Crippen molar-refractivity contribution < 1.29 is 5.11 Å². The average molecular weight is 327 g/mol. The van der Waals surface area contributed by atoms with E-state index in [0.29, 0.717) is 6.54 Å². The van der Waals surface area contributed by atoms with Crippen LogP contribution in [-0.4, -0.2) is 26.5 Å². The summed E-state index contributed by atoms with van der Waals surface area (Å²) in [6.45, 7) is 0.605. The maximum Gasteiger partial charge on any atom is 0.0946 e. The van der Waals surface area contributed by atoms with Gasteiger partial charge in [0, 0.05) is 28.4 Å². The Kier molecular flexibility index (Phi) is 5.28. The van der Waals surface area contributed by atoms with Crippen LogP contribution in [0.5, 0.6) is 0 Å². The molecule has 0 aliphatic heterocycles. The summed E-state index contributed by atoms with van der Waals surface area (Å²) in [7, 11) is 0. The number of halogens is 1. The first-order valence-corrected chi connectivity index (χ1v) is 7.65. The molecule has 1 N–H and O–H groups in total. The van der Waals surface area contributed by atoms with Gasteiger partial charge in [-0.2, -0.15) is 11.8 Å². The van der Waals surface area contributed by atoms with Gasteiger partial charge in [0.25, 0.3) is 0 Å². The number of nitrogens with zero attached hydrogens (tertiary/aromatic N) is 2. The van der Waals surface area contributed by atoms with Crippen LogP contribution in [-0.2, 0) is 12.3 Å². The zero-order valence-electron chi connectivity index (χ0n) is 9.87. The van der Waals surface area contributed by atoms with E-state index in [2.05, 4.69) is 33.0 Å². The minimum atomic E-state index is -0.334. The van der Waals surface area contributed by atoms with Crippen LogP contribution in [0.15, 0.2) is 47.5 Å². The largest absolute Gasteiger partial charge is 0.390 e. The van der Waals surface area contributed by atoms with Crippen LogP contribution in [0.25, 0.3) is 0 Å². The van der Waals surface area contributed by atoms with Crippen molar-refractivity contribution in [3.05, 3.63) is 53.0 Å².